The molecule has 2 aromatic heterocycles. The van der Waals surface area contributed by atoms with Crippen LogP contribution in [-0.2, 0) is 24.8 Å². The highest BCUT2D eigenvalue weighted by Crippen LogP contribution is 2.40. The van der Waals surface area contributed by atoms with Crippen LogP contribution in [0.1, 0.15) is 54.2 Å². The van der Waals surface area contributed by atoms with Gasteiger partial charge in [0.2, 0.25) is 0 Å². The molecule has 2 aromatic rings. The number of anilines is 1. The standard InChI is InChI=1S/C24H27N5O2S/c1-24(2)10-19-22(20(30)11-24)32-23(27-19)29-8-9-31-21(14-29)17-6-4-5-7-18(17)26-13-16-12-25-15-28(16)3/h5,7-9,12,14-15,26H,4,6,10-11,13H2,1-3H3. The van der Waals surface area contributed by atoms with Crippen molar-refractivity contribution in [2.45, 2.75) is 46.1 Å². The Hall–Kier alpha value is -3.13. The van der Waals surface area contributed by atoms with Gasteiger partial charge in [0.15, 0.2) is 10.9 Å². The molecule has 0 unspecified atom stereocenters. The summed E-state index contributed by atoms with van der Waals surface area (Å²) in [5.74, 6) is 0.993. The largest absolute Gasteiger partial charge is 0.462 e. The van der Waals surface area contributed by atoms with E-state index in [0.717, 1.165) is 57.7 Å². The lowest BCUT2D eigenvalue weighted by Gasteiger charge is -2.26. The third-order valence-electron chi connectivity index (χ3n) is 5.96. The average Bonchev–Trinajstić information content (AvgIpc) is 3.38. The minimum atomic E-state index is -0.0367. The van der Waals surface area contributed by atoms with Gasteiger partial charge in [-0.15, -0.1) is 0 Å². The lowest BCUT2D eigenvalue weighted by molar-refractivity contribution is 0.0916. The topological polar surface area (TPSA) is 72.3 Å². The van der Waals surface area contributed by atoms with Crippen molar-refractivity contribution < 1.29 is 9.53 Å². The minimum Gasteiger partial charge on any atom is -0.462 e. The summed E-state index contributed by atoms with van der Waals surface area (Å²) in [5, 5.41) is 4.33. The number of rotatable bonds is 5. The molecule has 3 aliphatic rings. The highest BCUT2D eigenvalue weighted by molar-refractivity contribution is 7.17. The van der Waals surface area contributed by atoms with E-state index in [4.69, 9.17) is 9.72 Å². The van der Waals surface area contributed by atoms with Crippen LogP contribution in [0, 0.1) is 5.41 Å². The highest BCUT2D eigenvalue weighted by Gasteiger charge is 2.34. The first-order valence-corrected chi connectivity index (χ1v) is 11.7. The molecule has 3 heterocycles. The second kappa shape index (κ2) is 8.09. The first kappa shape index (κ1) is 20.8. The zero-order chi connectivity index (χ0) is 22.3. The molecule has 0 saturated carbocycles. The van der Waals surface area contributed by atoms with Crippen LogP contribution in [0.3, 0.4) is 0 Å². The van der Waals surface area contributed by atoms with E-state index in [-0.39, 0.29) is 11.2 Å². The number of aromatic nitrogens is 3. The van der Waals surface area contributed by atoms with Crippen molar-refractivity contribution in [1.29, 1.82) is 0 Å². The zero-order valence-electron chi connectivity index (χ0n) is 18.6. The summed E-state index contributed by atoms with van der Waals surface area (Å²) < 4.78 is 7.92. The highest BCUT2D eigenvalue weighted by atomic mass is 32.1. The fourth-order valence-electron chi connectivity index (χ4n) is 4.28. The molecule has 0 bridgehead atoms. The van der Waals surface area contributed by atoms with Crippen LogP contribution < -0.4 is 10.2 Å². The molecular weight excluding hydrogens is 422 g/mol. The van der Waals surface area contributed by atoms with E-state index in [1.54, 1.807) is 12.6 Å². The first-order valence-electron chi connectivity index (χ1n) is 10.9. The summed E-state index contributed by atoms with van der Waals surface area (Å²) >= 11 is 1.47. The number of hydrogen-bond donors (Lipinski definition) is 1. The Balaban J connectivity index is 1.41. The maximum Gasteiger partial charge on any atom is 0.194 e. The molecule has 0 amide bonds. The van der Waals surface area contributed by atoms with Crippen molar-refractivity contribution in [3.8, 4) is 0 Å². The number of ether oxygens (including phenoxy) is 1. The van der Waals surface area contributed by atoms with Crippen LogP contribution in [-0.4, -0.2) is 20.3 Å². The lowest BCUT2D eigenvalue weighted by Crippen LogP contribution is -2.26. The van der Waals surface area contributed by atoms with Crippen molar-refractivity contribution in [3.63, 3.8) is 0 Å². The van der Waals surface area contributed by atoms with Gasteiger partial charge in [0, 0.05) is 37.1 Å². The normalized spacial score (nSPS) is 19.7. The number of carbonyl (C=O) groups is 1. The maximum atomic E-state index is 12.6. The molecule has 1 aliphatic heterocycles. The summed E-state index contributed by atoms with van der Waals surface area (Å²) in [6, 6.07) is 0. The minimum absolute atomic E-state index is 0.0367. The number of allylic oxidation sites excluding steroid dienone is 3. The number of nitrogens with zero attached hydrogens (tertiary/aromatic N) is 4. The molecule has 166 valence electrons. The molecule has 0 radical (unpaired) electrons. The smallest absolute Gasteiger partial charge is 0.194 e. The van der Waals surface area contributed by atoms with Crippen LogP contribution in [0.15, 0.2) is 60.4 Å². The van der Waals surface area contributed by atoms with Gasteiger partial charge in [-0.3, -0.25) is 9.69 Å². The fraction of sp³-hybridized carbons (Fsp3) is 0.375. The molecule has 2 aliphatic carbocycles. The van der Waals surface area contributed by atoms with E-state index in [1.807, 2.05) is 35.1 Å². The maximum absolute atomic E-state index is 12.6. The first-order chi connectivity index (χ1) is 15.4. The number of fused-ring (bicyclic) bond motifs is 1. The average molecular weight is 450 g/mol. The van der Waals surface area contributed by atoms with Gasteiger partial charge in [0.1, 0.15) is 12.0 Å². The quantitative estimate of drug-likeness (QED) is 0.721. The van der Waals surface area contributed by atoms with Crippen LogP contribution in [0.2, 0.25) is 0 Å². The van der Waals surface area contributed by atoms with E-state index in [0.29, 0.717) is 13.0 Å². The summed E-state index contributed by atoms with van der Waals surface area (Å²) in [7, 11) is 1.99. The van der Waals surface area contributed by atoms with Crippen molar-refractivity contribution >= 4 is 22.3 Å². The van der Waals surface area contributed by atoms with Crippen LogP contribution >= 0.6 is 11.3 Å². The Labute approximate surface area is 191 Å². The lowest BCUT2D eigenvalue weighted by atomic mass is 9.78. The van der Waals surface area contributed by atoms with Crippen LogP contribution in [0.4, 0.5) is 5.13 Å². The molecule has 0 atom stereocenters. The predicted molar refractivity (Wildman–Crippen MR) is 125 cm³/mol. The molecule has 0 spiro atoms. The Bertz CT molecular complexity index is 1180. The van der Waals surface area contributed by atoms with Gasteiger partial charge >= 0.3 is 0 Å². The monoisotopic (exact) mass is 449 g/mol. The van der Waals surface area contributed by atoms with Gasteiger partial charge < -0.3 is 14.6 Å². The van der Waals surface area contributed by atoms with Crippen molar-refractivity contribution in [2.75, 3.05) is 4.90 Å². The van der Waals surface area contributed by atoms with Crippen molar-refractivity contribution in [1.82, 2.24) is 19.9 Å². The summed E-state index contributed by atoms with van der Waals surface area (Å²) in [5.41, 5.74) is 4.17. The molecule has 0 aromatic carbocycles. The number of thiazole rings is 1. The Kier molecular flexibility index (Phi) is 5.25. The van der Waals surface area contributed by atoms with E-state index in [9.17, 15) is 4.79 Å². The number of nitrogens with one attached hydrogen (secondary N) is 1. The summed E-state index contributed by atoms with van der Waals surface area (Å²) in [6.07, 6.45) is 16.7. The Morgan fingerprint density at radius 2 is 2.19 bits per heavy atom. The van der Waals surface area contributed by atoms with Gasteiger partial charge in [-0.2, -0.15) is 0 Å². The second-order valence-electron chi connectivity index (χ2n) is 9.20. The number of Topliss-reactive ketones (excluding diaryl/α,β-unsaturated/α-hetero) is 1. The second-order valence-corrected chi connectivity index (χ2v) is 10.2. The molecule has 1 N–H and O–H groups in total. The summed E-state index contributed by atoms with van der Waals surface area (Å²) in [4.78, 5) is 24.4. The van der Waals surface area contributed by atoms with E-state index < -0.39 is 0 Å². The van der Waals surface area contributed by atoms with E-state index >= 15 is 0 Å². The number of aryl methyl sites for hydroxylation is 1. The fourth-order valence-corrected chi connectivity index (χ4v) is 5.26. The van der Waals surface area contributed by atoms with E-state index in [1.165, 1.54) is 11.3 Å². The third kappa shape index (κ3) is 4.02. The van der Waals surface area contributed by atoms with Crippen LogP contribution in [0.5, 0.6) is 0 Å². The van der Waals surface area contributed by atoms with Crippen LogP contribution in [0.25, 0.3) is 0 Å². The molecule has 7 nitrogen and oxygen atoms in total. The molecular formula is C24H27N5O2S. The van der Waals surface area contributed by atoms with E-state index in [2.05, 4.69) is 36.3 Å². The molecule has 0 fully saturated rings. The Morgan fingerprint density at radius 1 is 1.31 bits per heavy atom. The molecule has 8 heteroatoms. The van der Waals surface area contributed by atoms with Crippen molar-refractivity contribution in [3.05, 3.63) is 76.6 Å². The summed E-state index contributed by atoms with van der Waals surface area (Å²) in [6.45, 7) is 4.94. The SMILES string of the molecule is Cn1cncc1CNC1=C(C2=CN(c3nc4c(s3)C(=O)CC(C)(C)C4)C=CO2)CCC=C1. The molecule has 5 rings (SSSR count). The van der Waals surface area contributed by atoms with Gasteiger partial charge in [0.05, 0.1) is 35.3 Å². The Morgan fingerprint density at radius 3 is 3.00 bits per heavy atom. The van der Waals surface area contributed by atoms with Gasteiger partial charge in [-0.1, -0.05) is 31.3 Å². The number of imidazole rings is 1. The van der Waals surface area contributed by atoms with Gasteiger partial charge in [-0.05, 0) is 30.8 Å². The zero-order valence-corrected chi connectivity index (χ0v) is 19.4. The number of carbonyl (C=O) groups excluding carboxylic acids is 1. The van der Waals surface area contributed by atoms with Gasteiger partial charge in [0.25, 0.3) is 0 Å². The number of ketones is 1. The third-order valence-corrected chi connectivity index (χ3v) is 7.11. The van der Waals surface area contributed by atoms with Gasteiger partial charge in [-0.25, -0.2) is 9.97 Å². The number of hydrogen-bond acceptors (Lipinski definition) is 7. The molecule has 0 saturated heterocycles. The molecule has 32 heavy (non-hydrogen) atoms. The van der Waals surface area contributed by atoms with Crippen molar-refractivity contribution in [2.24, 2.45) is 12.5 Å². The predicted octanol–water partition coefficient (Wildman–Crippen LogP) is 4.57.